The summed E-state index contributed by atoms with van der Waals surface area (Å²) in [5.41, 5.74) is 0. The van der Waals surface area contributed by atoms with Gasteiger partial charge in [-0.15, -0.1) is 0 Å². The molecule has 2 aliphatic rings. The van der Waals surface area contributed by atoms with Gasteiger partial charge < -0.3 is 9.22 Å². The van der Waals surface area contributed by atoms with Gasteiger partial charge in [-0.1, -0.05) is 0 Å². The highest BCUT2D eigenvalue weighted by molar-refractivity contribution is 4.81. The summed E-state index contributed by atoms with van der Waals surface area (Å²) in [4.78, 5) is 0. The number of ether oxygens (including phenoxy) is 1. The lowest BCUT2D eigenvalue weighted by atomic mass is 10.4. The smallest absolute Gasteiger partial charge is 0.139 e. The van der Waals surface area contributed by atoms with Crippen molar-refractivity contribution < 1.29 is 9.22 Å². The van der Waals surface area contributed by atoms with Gasteiger partial charge in [-0.3, -0.25) is 0 Å². The van der Waals surface area contributed by atoms with Gasteiger partial charge in [0.25, 0.3) is 0 Å². The average Bonchev–Trinajstić information content (AvgIpc) is 2.45. The summed E-state index contributed by atoms with van der Waals surface area (Å²) in [6, 6.07) is 1.81. The Bertz CT molecular complexity index is 130. The summed E-state index contributed by atoms with van der Waals surface area (Å²) in [7, 11) is 0. The van der Waals surface area contributed by atoms with Gasteiger partial charge in [-0.05, 0) is 13.8 Å². The lowest BCUT2D eigenvalue weighted by Crippen LogP contribution is -2.41. The topological polar surface area (TPSA) is 9.23 Å². The molecule has 0 aromatic heterocycles. The van der Waals surface area contributed by atoms with Crippen LogP contribution in [-0.2, 0) is 4.74 Å². The zero-order valence-electron chi connectivity index (χ0n) is 6.84. The summed E-state index contributed by atoms with van der Waals surface area (Å²) >= 11 is 0. The first kappa shape index (κ1) is 6.62. The van der Waals surface area contributed by atoms with E-state index in [1.165, 1.54) is 17.6 Å². The Kier molecular flexibility index (Phi) is 1.29. The number of hydrogen-bond acceptors (Lipinski definition) is 1. The molecule has 0 bridgehead atoms. The van der Waals surface area contributed by atoms with E-state index in [4.69, 9.17) is 4.74 Å². The first-order valence-corrected chi connectivity index (χ1v) is 4.21. The normalized spacial score (nSPS) is 43.8. The van der Waals surface area contributed by atoms with E-state index in [1.54, 1.807) is 0 Å². The molecule has 2 nitrogen and oxygen atoms in total. The summed E-state index contributed by atoms with van der Waals surface area (Å²) < 4.78 is 6.67. The van der Waals surface area contributed by atoms with Gasteiger partial charge in [0.1, 0.15) is 25.2 Å². The van der Waals surface area contributed by atoms with Crippen molar-refractivity contribution in [3.8, 4) is 0 Å². The molecule has 2 fully saturated rings. The molecule has 2 heteroatoms. The number of quaternary nitrogens is 1. The highest BCUT2D eigenvalue weighted by Gasteiger charge is 2.60. The van der Waals surface area contributed by atoms with Crippen molar-refractivity contribution >= 4 is 0 Å². The van der Waals surface area contributed by atoms with Crippen LogP contribution >= 0.6 is 0 Å². The fraction of sp³-hybridized carbons (Fsp3) is 1.00. The first-order valence-electron chi connectivity index (χ1n) is 4.21. The molecule has 58 valence electrons. The van der Waals surface area contributed by atoms with Crippen molar-refractivity contribution in [2.75, 3.05) is 26.3 Å². The second kappa shape index (κ2) is 1.95. The molecule has 2 heterocycles. The third-order valence-corrected chi connectivity index (χ3v) is 3.53. The van der Waals surface area contributed by atoms with Crippen molar-refractivity contribution in [2.45, 2.75) is 25.9 Å². The van der Waals surface area contributed by atoms with Crippen LogP contribution in [0.15, 0.2) is 0 Å². The molecule has 10 heavy (non-hydrogen) atoms. The number of hydrogen-bond donors (Lipinski definition) is 0. The standard InChI is InChI=1S/C8H16NO/c1-7-8(2)9(7)3-5-10-6-4-9/h7-8H,3-6H2,1-2H3/q+1/t7-,8?/m0/s1. The van der Waals surface area contributed by atoms with E-state index >= 15 is 0 Å². The Morgan fingerprint density at radius 1 is 1.10 bits per heavy atom. The SMILES string of the molecule is CC1[C@H](C)[N+]12CCOCC2. The molecule has 0 aliphatic carbocycles. The highest BCUT2D eigenvalue weighted by atomic mass is 16.5. The molecule has 2 aliphatic heterocycles. The minimum atomic E-state index is 0.906. The largest absolute Gasteiger partial charge is 0.370 e. The number of morpholine rings is 1. The summed E-state index contributed by atoms with van der Waals surface area (Å²) in [5, 5.41) is 0. The highest BCUT2D eigenvalue weighted by Crippen LogP contribution is 2.39. The Hall–Kier alpha value is -0.0800. The van der Waals surface area contributed by atoms with Gasteiger partial charge in [-0.25, -0.2) is 0 Å². The third-order valence-electron chi connectivity index (χ3n) is 3.53. The lowest BCUT2D eigenvalue weighted by Gasteiger charge is -2.25. The van der Waals surface area contributed by atoms with E-state index in [1.807, 2.05) is 0 Å². The maximum absolute atomic E-state index is 5.33. The van der Waals surface area contributed by atoms with Crippen molar-refractivity contribution in [1.29, 1.82) is 0 Å². The van der Waals surface area contributed by atoms with Crippen LogP contribution in [0, 0.1) is 0 Å². The number of rotatable bonds is 0. The minimum Gasteiger partial charge on any atom is -0.370 e. The summed E-state index contributed by atoms with van der Waals surface area (Å²) in [6.07, 6.45) is 0. The van der Waals surface area contributed by atoms with E-state index in [2.05, 4.69) is 13.8 Å². The van der Waals surface area contributed by atoms with Crippen molar-refractivity contribution in [1.82, 2.24) is 0 Å². The molecular formula is C8H16NO+. The fourth-order valence-electron chi connectivity index (χ4n) is 2.33. The van der Waals surface area contributed by atoms with Gasteiger partial charge in [0.2, 0.25) is 0 Å². The van der Waals surface area contributed by atoms with E-state index in [-0.39, 0.29) is 0 Å². The van der Waals surface area contributed by atoms with Crippen LogP contribution in [0.25, 0.3) is 0 Å². The van der Waals surface area contributed by atoms with Crippen LogP contribution in [0.5, 0.6) is 0 Å². The molecule has 1 unspecified atom stereocenters. The first-order chi connectivity index (χ1) is 4.77. The van der Waals surface area contributed by atoms with Crippen LogP contribution in [0.4, 0.5) is 0 Å². The second-order valence-corrected chi connectivity index (χ2v) is 3.64. The Morgan fingerprint density at radius 3 is 1.90 bits per heavy atom. The molecule has 1 spiro atoms. The van der Waals surface area contributed by atoms with Crippen LogP contribution in [0.3, 0.4) is 0 Å². The van der Waals surface area contributed by atoms with E-state index in [0.29, 0.717) is 0 Å². The predicted molar refractivity (Wildman–Crippen MR) is 39.7 cm³/mol. The molecule has 2 rings (SSSR count). The maximum Gasteiger partial charge on any atom is 0.139 e. The van der Waals surface area contributed by atoms with Gasteiger partial charge in [0, 0.05) is 0 Å². The Labute approximate surface area is 62.4 Å². The lowest BCUT2D eigenvalue weighted by molar-refractivity contribution is -0.834. The second-order valence-electron chi connectivity index (χ2n) is 3.64. The average molecular weight is 142 g/mol. The van der Waals surface area contributed by atoms with E-state index < -0.39 is 0 Å². The van der Waals surface area contributed by atoms with Crippen LogP contribution in [0.1, 0.15) is 13.8 Å². The van der Waals surface area contributed by atoms with Crippen molar-refractivity contribution in [3.05, 3.63) is 0 Å². The monoisotopic (exact) mass is 142 g/mol. The third kappa shape index (κ3) is 0.663. The fourth-order valence-corrected chi connectivity index (χ4v) is 2.33. The summed E-state index contributed by atoms with van der Waals surface area (Å²) in [6.45, 7) is 9.18. The van der Waals surface area contributed by atoms with Crippen LogP contribution < -0.4 is 0 Å². The minimum absolute atomic E-state index is 0.906. The Morgan fingerprint density at radius 2 is 1.60 bits per heavy atom. The number of nitrogens with zero attached hydrogens (tertiary/aromatic N) is 1. The van der Waals surface area contributed by atoms with Crippen molar-refractivity contribution in [2.24, 2.45) is 0 Å². The quantitative estimate of drug-likeness (QED) is 0.356. The van der Waals surface area contributed by atoms with Crippen LogP contribution in [0.2, 0.25) is 0 Å². The molecule has 0 amide bonds. The van der Waals surface area contributed by atoms with E-state index in [9.17, 15) is 0 Å². The zero-order chi connectivity index (χ0) is 7.19. The molecule has 0 saturated carbocycles. The molecule has 0 N–H and O–H groups in total. The molecule has 2 atom stereocenters. The molecule has 2 saturated heterocycles. The molecule has 0 aromatic rings. The predicted octanol–water partition coefficient (Wildman–Crippen LogP) is 0.624. The van der Waals surface area contributed by atoms with Crippen molar-refractivity contribution in [3.63, 3.8) is 0 Å². The Balaban J connectivity index is 2.03. The van der Waals surface area contributed by atoms with Crippen LogP contribution in [-0.4, -0.2) is 42.9 Å². The molecule has 0 radical (unpaired) electrons. The summed E-state index contributed by atoms with van der Waals surface area (Å²) in [5.74, 6) is 0. The molecular weight excluding hydrogens is 126 g/mol. The van der Waals surface area contributed by atoms with Gasteiger partial charge in [-0.2, -0.15) is 0 Å². The van der Waals surface area contributed by atoms with Gasteiger partial charge in [0.05, 0.1) is 13.2 Å². The maximum atomic E-state index is 5.33. The van der Waals surface area contributed by atoms with Gasteiger partial charge >= 0.3 is 0 Å². The van der Waals surface area contributed by atoms with Gasteiger partial charge in [0.15, 0.2) is 0 Å². The zero-order valence-corrected chi connectivity index (χ0v) is 6.84. The van der Waals surface area contributed by atoms with E-state index in [0.717, 1.165) is 25.3 Å². The molecule has 0 aromatic carbocycles.